The second-order valence-electron chi connectivity index (χ2n) is 6.19. The van der Waals surface area contributed by atoms with Crippen LogP contribution in [0.15, 0.2) is 72.4 Å². The standard InChI is InChI=1S/C22H27N3O2/c1-3-4-10-19(14-13-18(2)16-26)21-15-22(23-17-27)25(24-21)20-11-8-6-5-7-9-12-20/h4-6,8-15,17,20,26H,3,7,16H2,1-2H3,(H,23,27)/b6-5-,10-4-,11-8-,12-9?,18-13+,19-14+. The van der Waals surface area contributed by atoms with E-state index in [9.17, 15) is 9.90 Å². The number of nitrogens with one attached hydrogen (secondary N) is 1. The molecule has 0 bridgehead atoms. The monoisotopic (exact) mass is 365 g/mol. The minimum Gasteiger partial charge on any atom is -0.392 e. The van der Waals surface area contributed by atoms with E-state index in [1.807, 2.05) is 49.4 Å². The fraction of sp³-hybridized carbons (Fsp3) is 0.273. The third-order valence-electron chi connectivity index (χ3n) is 4.01. The van der Waals surface area contributed by atoms with E-state index in [-0.39, 0.29) is 12.6 Å². The van der Waals surface area contributed by atoms with Crippen molar-refractivity contribution in [2.75, 3.05) is 11.9 Å². The fourth-order valence-corrected chi connectivity index (χ4v) is 2.55. The molecule has 1 aromatic heterocycles. The van der Waals surface area contributed by atoms with Gasteiger partial charge in [-0.15, -0.1) is 0 Å². The van der Waals surface area contributed by atoms with Crippen molar-refractivity contribution < 1.29 is 9.90 Å². The van der Waals surface area contributed by atoms with Gasteiger partial charge in [-0.05, 0) is 25.3 Å². The van der Waals surface area contributed by atoms with Gasteiger partial charge in [0.1, 0.15) is 5.82 Å². The van der Waals surface area contributed by atoms with Crippen LogP contribution in [0.1, 0.15) is 38.4 Å². The minimum atomic E-state index is -0.0859. The fourth-order valence-electron chi connectivity index (χ4n) is 2.55. The Morgan fingerprint density at radius 2 is 2.19 bits per heavy atom. The molecule has 1 aliphatic rings. The molecule has 1 unspecified atom stereocenters. The van der Waals surface area contributed by atoms with Gasteiger partial charge in [0.25, 0.3) is 0 Å². The molecule has 1 atom stereocenters. The summed E-state index contributed by atoms with van der Waals surface area (Å²) in [6, 6.07) is 1.77. The molecule has 1 aromatic rings. The van der Waals surface area contributed by atoms with Crippen molar-refractivity contribution >= 4 is 17.8 Å². The number of rotatable bonds is 8. The molecular weight excluding hydrogens is 338 g/mol. The van der Waals surface area contributed by atoms with Crippen LogP contribution in [0.5, 0.6) is 0 Å². The Morgan fingerprint density at radius 3 is 2.93 bits per heavy atom. The minimum absolute atomic E-state index is 0.0127. The summed E-state index contributed by atoms with van der Waals surface area (Å²) in [4.78, 5) is 11.1. The summed E-state index contributed by atoms with van der Waals surface area (Å²) in [6.07, 6.45) is 22.5. The molecule has 5 heteroatoms. The van der Waals surface area contributed by atoms with Crippen molar-refractivity contribution in [3.8, 4) is 0 Å². The van der Waals surface area contributed by atoms with E-state index in [2.05, 4.69) is 36.5 Å². The number of amides is 1. The molecule has 0 saturated carbocycles. The molecule has 5 nitrogen and oxygen atoms in total. The van der Waals surface area contributed by atoms with Gasteiger partial charge in [-0.3, -0.25) is 4.79 Å². The van der Waals surface area contributed by atoms with Crippen LogP contribution in [-0.4, -0.2) is 27.9 Å². The molecular formula is C22H27N3O2. The van der Waals surface area contributed by atoms with Crippen LogP contribution in [0.4, 0.5) is 5.82 Å². The molecule has 1 aliphatic carbocycles. The van der Waals surface area contributed by atoms with Gasteiger partial charge >= 0.3 is 0 Å². The van der Waals surface area contributed by atoms with E-state index >= 15 is 0 Å². The molecule has 1 amide bonds. The second kappa shape index (κ2) is 10.9. The van der Waals surface area contributed by atoms with E-state index in [0.29, 0.717) is 12.2 Å². The lowest BCUT2D eigenvalue weighted by molar-refractivity contribution is -0.105. The average Bonchev–Trinajstić information content (AvgIpc) is 3.05. The zero-order valence-corrected chi connectivity index (χ0v) is 15.9. The lowest BCUT2D eigenvalue weighted by Gasteiger charge is -2.13. The van der Waals surface area contributed by atoms with E-state index in [1.54, 1.807) is 4.68 Å². The third-order valence-corrected chi connectivity index (χ3v) is 4.01. The summed E-state index contributed by atoms with van der Waals surface area (Å²) in [5.41, 5.74) is 2.53. The van der Waals surface area contributed by atoms with Crippen molar-refractivity contribution in [1.29, 1.82) is 0 Å². The maximum absolute atomic E-state index is 11.1. The first kappa shape index (κ1) is 20.4. The van der Waals surface area contributed by atoms with Gasteiger partial charge in [0.2, 0.25) is 6.41 Å². The maximum Gasteiger partial charge on any atom is 0.212 e. The number of allylic oxidation sites excluding steroid dienone is 11. The van der Waals surface area contributed by atoms with E-state index in [4.69, 9.17) is 5.10 Å². The van der Waals surface area contributed by atoms with Crippen LogP contribution >= 0.6 is 0 Å². The largest absolute Gasteiger partial charge is 0.392 e. The Kier molecular flexibility index (Phi) is 8.26. The number of hydrogen-bond acceptors (Lipinski definition) is 3. The Balaban J connectivity index is 2.48. The molecule has 0 aliphatic heterocycles. The highest BCUT2D eigenvalue weighted by Gasteiger charge is 2.14. The van der Waals surface area contributed by atoms with Crippen LogP contribution in [0.3, 0.4) is 0 Å². The second-order valence-corrected chi connectivity index (χ2v) is 6.19. The van der Waals surface area contributed by atoms with Crippen LogP contribution in [0.25, 0.3) is 5.57 Å². The third kappa shape index (κ3) is 6.08. The number of aliphatic hydroxyl groups is 1. The highest BCUT2D eigenvalue weighted by atomic mass is 16.3. The smallest absolute Gasteiger partial charge is 0.212 e. The zero-order valence-electron chi connectivity index (χ0n) is 15.9. The predicted molar refractivity (Wildman–Crippen MR) is 111 cm³/mol. The lowest BCUT2D eigenvalue weighted by Crippen LogP contribution is -2.11. The van der Waals surface area contributed by atoms with Crippen molar-refractivity contribution in [1.82, 2.24) is 9.78 Å². The summed E-state index contributed by atoms with van der Waals surface area (Å²) < 4.78 is 1.80. The Hall–Kier alpha value is -2.92. The molecule has 0 spiro atoms. The summed E-state index contributed by atoms with van der Waals surface area (Å²) in [5, 5.41) is 16.7. The van der Waals surface area contributed by atoms with E-state index < -0.39 is 0 Å². The molecule has 0 radical (unpaired) electrons. The van der Waals surface area contributed by atoms with Gasteiger partial charge in [0.15, 0.2) is 0 Å². The SMILES string of the molecule is CC\C=C/C(=C\C=C(/C)CO)c1cc(NC=O)n(C2C=CC/C=C\C=C/2)n1. The molecule has 1 heterocycles. The Morgan fingerprint density at radius 1 is 1.33 bits per heavy atom. The maximum atomic E-state index is 11.1. The lowest BCUT2D eigenvalue weighted by atomic mass is 10.1. The number of anilines is 1. The number of aliphatic hydroxyl groups excluding tert-OH is 1. The number of carbonyl (C=O) groups excluding carboxylic acids is 1. The first-order valence-corrected chi connectivity index (χ1v) is 9.14. The number of aromatic nitrogens is 2. The van der Waals surface area contributed by atoms with Gasteiger partial charge in [-0.2, -0.15) is 5.10 Å². The topological polar surface area (TPSA) is 67.2 Å². The van der Waals surface area contributed by atoms with Crippen LogP contribution in [0, 0.1) is 0 Å². The number of hydrogen-bond donors (Lipinski definition) is 2. The van der Waals surface area contributed by atoms with Gasteiger partial charge in [-0.25, -0.2) is 4.68 Å². The highest BCUT2D eigenvalue weighted by Crippen LogP contribution is 2.25. The first-order chi connectivity index (χ1) is 13.2. The number of carbonyl (C=O) groups is 1. The first-order valence-electron chi connectivity index (χ1n) is 9.14. The predicted octanol–water partition coefficient (Wildman–Crippen LogP) is 4.35. The van der Waals surface area contributed by atoms with Crippen molar-refractivity contribution in [3.63, 3.8) is 0 Å². The van der Waals surface area contributed by atoms with Crippen molar-refractivity contribution in [2.24, 2.45) is 0 Å². The molecule has 2 N–H and O–H groups in total. The summed E-state index contributed by atoms with van der Waals surface area (Å²) in [6.45, 7) is 3.95. The average molecular weight is 365 g/mol. The molecule has 0 saturated heterocycles. The summed E-state index contributed by atoms with van der Waals surface area (Å²) >= 11 is 0. The van der Waals surface area contributed by atoms with Gasteiger partial charge < -0.3 is 10.4 Å². The Labute approximate surface area is 160 Å². The van der Waals surface area contributed by atoms with Crippen LogP contribution < -0.4 is 5.32 Å². The van der Waals surface area contributed by atoms with Crippen LogP contribution in [-0.2, 0) is 4.79 Å². The van der Waals surface area contributed by atoms with Gasteiger partial charge in [0, 0.05) is 11.6 Å². The van der Waals surface area contributed by atoms with Crippen LogP contribution in [0.2, 0.25) is 0 Å². The molecule has 0 aromatic carbocycles. The quantitative estimate of drug-likeness (QED) is 0.409. The summed E-state index contributed by atoms with van der Waals surface area (Å²) in [7, 11) is 0. The van der Waals surface area contributed by atoms with E-state index in [0.717, 1.165) is 29.7 Å². The number of nitrogens with zero attached hydrogens (tertiary/aromatic N) is 2. The highest BCUT2D eigenvalue weighted by molar-refractivity contribution is 5.77. The van der Waals surface area contributed by atoms with Gasteiger partial charge in [-0.1, -0.05) is 67.7 Å². The Bertz CT molecular complexity index is 808. The summed E-state index contributed by atoms with van der Waals surface area (Å²) in [5.74, 6) is 0.627. The zero-order chi connectivity index (χ0) is 19.5. The molecule has 2 rings (SSSR count). The normalized spacial score (nSPS) is 20.3. The van der Waals surface area contributed by atoms with E-state index in [1.165, 1.54) is 0 Å². The van der Waals surface area contributed by atoms with Crippen molar-refractivity contribution in [2.45, 2.75) is 32.7 Å². The molecule has 142 valence electrons. The molecule has 0 fully saturated rings. The van der Waals surface area contributed by atoms with Gasteiger partial charge in [0.05, 0.1) is 18.3 Å². The van der Waals surface area contributed by atoms with Crippen molar-refractivity contribution in [3.05, 3.63) is 78.1 Å². The molecule has 27 heavy (non-hydrogen) atoms.